The van der Waals surface area contributed by atoms with Crippen molar-refractivity contribution in [3.8, 4) is 0 Å². The van der Waals surface area contributed by atoms with Gasteiger partial charge in [-0.3, -0.25) is 18.8 Å². The van der Waals surface area contributed by atoms with Crippen LogP contribution in [0.4, 0.5) is 0 Å². The third kappa shape index (κ3) is 2.68. The molecule has 3 aromatic rings. The van der Waals surface area contributed by atoms with Crippen LogP contribution in [-0.2, 0) is 13.6 Å². The van der Waals surface area contributed by atoms with E-state index < -0.39 is 0 Å². The molecule has 120 valence electrons. The minimum atomic E-state index is -0.0295. The Balaban J connectivity index is 1.67. The van der Waals surface area contributed by atoms with Crippen molar-refractivity contribution in [2.24, 2.45) is 7.05 Å². The first-order valence-corrected chi connectivity index (χ1v) is 7.98. The minimum Gasteiger partial charge on any atom is -0.327 e. The molecule has 0 bridgehead atoms. The number of aromatic amines is 1. The molecule has 1 saturated heterocycles. The zero-order valence-electron chi connectivity index (χ0n) is 13.1. The number of piperidine rings is 1. The van der Waals surface area contributed by atoms with E-state index in [9.17, 15) is 4.79 Å². The van der Waals surface area contributed by atoms with Gasteiger partial charge in [0.05, 0.1) is 12.2 Å². The van der Waals surface area contributed by atoms with Crippen molar-refractivity contribution in [1.29, 1.82) is 0 Å². The molecule has 7 heteroatoms. The van der Waals surface area contributed by atoms with E-state index in [4.69, 9.17) is 0 Å². The maximum Gasteiger partial charge on any atom is 0.259 e. The fraction of sp³-hybridized carbons (Fsp3) is 0.438. The number of hydrogen-bond acceptors (Lipinski definition) is 4. The van der Waals surface area contributed by atoms with Gasteiger partial charge in [-0.2, -0.15) is 5.10 Å². The molecular weight excluding hydrogens is 292 g/mol. The minimum absolute atomic E-state index is 0.0295. The van der Waals surface area contributed by atoms with E-state index in [0.29, 0.717) is 5.78 Å². The quantitative estimate of drug-likeness (QED) is 0.795. The smallest absolute Gasteiger partial charge is 0.259 e. The molecule has 0 aliphatic carbocycles. The highest BCUT2D eigenvalue weighted by atomic mass is 16.1. The van der Waals surface area contributed by atoms with Crippen LogP contribution >= 0.6 is 0 Å². The first-order valence-electron chi connectivity index (χ1n) is 7.98. The Labute approximate surface area is 133 Å². The van der Waals surface area contributed by atoms with E-state index in [2.05, 4.69) is 20.0 Å². The normalized spacial score (nSPS) is 19.4. The molecular formula is C16H20N6O. The molecule has 4 rings (SSSR count). The molecule has 0 amide bonds. The first kappa shape index (κ1) is 14.2. The van der Waals surface area contributed by atoms with Crippen molar-refractivity contribution in [2.75, 3.05) is 6.54 Å². The highest BCUT2D eigenvalue weighted by molar-refractivity contribution is 5.30. The zero-order valence-corrected chi connectivity index (χ0v) is 13.1. The highest BCUT2D eigenvalue weighted by Crippen LogP contribution is 2.30. The summed E-state index contributed by atoms with van der Waals surface area (Å²) < 4.78 is 3.37. The summed E-state index contributed by atoms with van der Waals surface area (Å²) in [6.07, 6.45) is 10.7. The second kappa shape index (κ2) is 5.66. The van der Waals surface area contributed by atoms with Crippen LogP contribution in [0.25, 0.3) is 5.78 Å². The van der Waals surface area contributed by atoms with E-state index >= 15 is 0 Å². The second-order valence-electron chi connectivity index (χ2n) is 6.19. The molecule has 0 radical (unpaired) electrons. The van der Waals surface area contributed by atoms with Crippen LogP contribution < -0.4 is 5.56 Å². The van der Waals surface area contributed by atoms with Crippen LogP contribution in [0.3, 0.4) is 0 Å². The number of H-pyrrole nitrogens is 1. The summed E-state index contributed by atoms with van der Waals surface area (Å²) in [6.45, 7) is 1.88. The molecule has 0 aromatic carbocycles. The van der Waals surface area contributed by atoms with Gasteiger partial charge in [-0.15, -0.1) is 0 Å². The van der Waals surface area contributed by atoms with Crippen molar-refractivity contribution in [2.45, 2.75) is 31.8 Å². The number of rotatable bonds is 3. The molecule has 1 atom stereocenters. The molecule has 4 heterocycles. The van der Waals surface area contributed by atoms with Crippen molar-refractivity contribution in [3.63, 3.8) is 0 Å². The highest BCUT2D eigenvalue weighted by Gasteiger charge is 2.25. The first-order chi connectivity index (χ1) is 11.2. The monoisotopic (exact) mass is 312 g/mol. The predicted octanol–water partition coefficient (Wildman–Crippen LogP) is 1.48. The van der Waals surface area contributed by atoms with Gasteiger partial charge in [-0.25, -0.2) is 4.98 Å². The SMILES string of the molecule is Cn1cc(CN2CCCC[C@H]2c2cc(=O)n3ccnc3[nH]2)cn1. The van der Waals surface area contributed by atoms with E-state index in [0.717, 1.165) is 25.2 Å². The molecule has 1 fully saturated rings. The largest absolute Gasteiger partial charge is 0.327 e. The van der Waals surface area contributed by atoms with E-state index in [1.165, 1.54) is 22.8 Å². The molecule has 7 nitrogen and oxygen atoms in total. The van der Waals surface area contributed by atoms with Gasteiger partial charge in [0.25, 0.3) is 5.56 Å². The number of aryl methyl sites for hydroxylation is 1. The third-order valence-electron chi connectivity index (χ3n) is 4.53. The summed E-state index contributed by atoms with van der Waals surface area (Å²) in [5, 5.41) is 4.25. The lowest BCUT2D eigenvalue weighted by Crippen LogP contribution is -2.34. The molecule has 0 unspecified atom stereocenters. The predicted molar refractivity (Wildman–Crippen MR) is 86.0 cm³/mol. The van der Waals surface area contributed by atoms with Crippen LogP contribution in [0.15, 0.2) is 35.6 Å². The number of nitrogens with one attached hydrogen (secondary N) is 1. The van der Waals surface area contributed by atoms with Crippen LogP contribution in [0.2, 0.25) is 0 Å². The molecule has 1 aliphatic heterocycles. The molecule has 0 saturated carbocycles. The van der Waals surface area contributed by atoms with Crippen molar-refractivity contribution < 1.29 is 0 Å². The topological polar surface area (TPSA) is 71.2 Å². The fourth-order valence-corrected chi connectivity index (χ4v) is 3.44. The average Bonchev–Trinajstić information content (AvgIpc) is 3.17. The van der Waals surface area contributed by atoms with Crippen molar-refractivity contribution in [1.82, 2.24) is 29.0 Å². The number of likely N-dealkylation sites (tertiary alicyclic amines) is 1. The standard InChI is InChI=1S/C16H20N6O/c1-20-10-12(9-18-20)11-21-6-3-2-4-14(21)13-8-15(23)22-7-5-17-16(22)19-13/h5,7-10,14H,2-4,6,11H2,1H3,(H,17,19)/t14-/m0/s1. The van der Waals surface area contributed by atoms with E-state index in [1.807, 2.05) is 24.1 Å². The van der Waals surface area contributed by atoms with Gasteiger partial charge in [-0.05, 0) is 19.4 Å². The maximum atomic E-state index is 12.2. The second-order valence-corrected chi connectivity index (χ2v) is 6.19. The van der Waals surface area contributed by atoms with E-state index in [-0.39, 0.29) is 11.6 Å². The fourth-order valence-electron chi connectivity index (χ4n) is 3.44. The Morgan fingerprint density at radius 1 is 1.39 bits per heavy atom. The lowest BCUT2D eigenvalue weighted by molar-refractivity contribution is 0.137. The average molecular weight is 312 g/mol. The van der Waals surface area contributed by atoms with Crippen LogP contribution in [0, 0.1) is 0 Å². The third-order valence-corrected chi connectivity index (χ3v) is 4.53. The van der Waals surface area contributed by atoms with Gasteiger partial charge in [0.15, 0.2) is 0 Å². The summed E-state index contributed by atoms with van der Waals surface area (Å²) >= 11 is 0. The van der Waals surface area contributed by atoms with Gasteiger partial charge < -0.3 is 4.98 Å². The Kier molecular flexibility index (Phi) is 3.49. The summed E-state index contributed by atoms with van der Waals surface area (Å²) in [5.74, 6) is 0.611. The van der Waals surface area contributed by atoms with Crippen LogP contribution in [-0.4, -0.2) is 35.6 Å². The lowest BCUT2D eigenvalue weighted by Gasteiger charge is -2.35. The maximum absolute atomic E-state index is 12.2. The van der Waals surface area contributed by atoms with Crippen molar-refractivity contribution >= 4 is 5.78 Å². The zero-order chi connectivity index (χ0) is 15.8. The Bertz CT molecular complexity index is 876. The van der Waals surface area contributed by atoms with Gasteiger partial charge in [-0.1, -0.05) is 6.42 Å². The summed E-state index contributed by atoms with van der Waals surface area (Å²) in [4.78, 5) is 22.2. The van der Waals surface area contributed by atoms with Gasteiger partial charge >= 0.3 is 0 Å². The van der Waals surface area contributed by atoms with Gasteiger partial charge in [0.2, 0.25) is 5.78 Å². The summed E-state index contributed by atoms with van der Waals surface area (Å²) in [6, 6.07) is 1.93. The molecule has 3 aromatic heterocycles. The lowest BCUT2D eigenvalue weighted by atomic mass is 9.98. The molecule has 23 heavy (non-hydrogen) atoms. The molecule has 0 spiro atoms. The van der Waals surface area contributed by atoms with Crippen LogP contribution in [0.1, 0.15) is 36.6 Å². The van der Waals surface area contributed by atoms with Gasteiger partial charge in [0.1, 0.15) is 0 Å². The van der Waals surface area contributed by atoms with Crippen molar-refractivity contribution in [3.05, 3.63) is 52.5 Å². The number of nitrogens with zero attached hydrogens (tertiary/aromatic N) is 5. The summed E-state index contributed by atoms with van der Waals surface area (Å²) in [5.41, 5.74) is 2.12. The Morgan fingerprint density at radius 3 is 3.13 bits per heavy atom. The van der Waals surface area contributed by atoms with Crippen LogP contribution in [0.5, 0.6) is 0 Å². The molecule has 1 N–H and O–H groups in total. The number of fused-ring (bicyclic) bond motifs is 1. The Morgan fingerprint density at radius 2 is 2.30 bits per heavy atom. The number of aromatic nitrogens is 5. The summed E-state index contributed by atoms with van der Waals surface area (Å²) in [7, 11) is 1.93. The van der Waals surface area contributed by atoms with E-state index in [1.54, 1.807) is 18.5 Å². The number of imidazole rings is 1. The molecule has 1 aliphatic rings. The number of hydrogen-bond donors (Lipinski definition) is 1. The Hall–Kier alpha value is -2.41. The van der Waals surface area contributed by atoms with Gasteiger partial charge in [0, 0.05) is 49.5 Å².